The molecule has 0 aliphatic rings. The molecule has 3 heteroatoms. The highest BCUT2D eigenvalue weighted by Gasteiger charge is 2.05. The molecule has 0 unspecified atom stereocenters. The van der Waals surface area contributed by atoms with Crippen LogP contribution in [0.4, 0.5) is 0 Å². The summed E-state index contributed by atoms with van der Waals surface area (Å²) in [5.41, 5.74) is 7.07. The van der Waals surface area contributed by atoms with Gasteiger partial charge in [-0.3, -0.25) is 0 Å². The third kappa shape index (κ3) is 2.00. The molecular weight excluding hydrogens is 166 g/mol. The maximum absolute atomic E-state index is 9.18. The average Bonchev–Trinajstić information content (AvgIpc) is 2.16. The zero-order chi connectivity index (χ0) is 9.84. The maximum atomic E-state index is 9.18. The topological polar surface area (TPSA) is 55.5 Å². The summed E-state index contributed by atoms with van der Waals surface area (Å²) in [6, 6.07) is 4.86. The number of benzene rings is 1. The summed E-state index contributed by atoms with van der Waals surface area (Å²) in [7, 11) is 1.54. The van der Waals surface area contributed by atoms with Crippen molar-refractivity contribution in [1.29, 1.82) is 0 Å². The van der Waals surface area contributed by atoms with E-state index in [-0.39, 0.29) is 5.75 Å². The van der Waals surface area contributed by atoms with Crippen LogP contribution in [0.3, 0.4) is 0 Å². The first-order chi connectivity index (χ1) is 6.19. The first-order valence-corrected chi connectivity index (χ1v) is 3.94. The molecule has 0 atom stereocenters. The SMILES string of the molecule is C=C(CN)c1ccc(O)cc1OC. The zero-order valence-corrected chi connectivity index (χ0v) is 7.58. The lowest BCUT2D eigenvalue weighted by molar-refractivity contribution is 0.406. The normalized spacial score (nSPS) is 9.69. The summed E-state index contributed by atoms with van der Waals surface area (Å²) in [6.45, 7) is 4.17. The van der Waals surface area contributed by atoms with Gasteiger partial charge < -0.3 is 15.6 Å². The van der Waals surface area contributed by atoms with Crippen LogP contribution in [-0.2, 0) is 0 Å². The maximum Gasteiger partial charge on any atom is 0.130 e. The minimum Gasteiger partial charge on any atom is -0.508 e. The van der Waals surface area contributed by atoms with Crippen molar-refractivity contribution in [2.24, 2.45) is 5.73 Å². The Balaban J connectivity index is 3.13. The number of rotatable bonds is 3. The summed E-state index contributed by atoms with van der Waals surface area (Å²) in [4.78, 5) is 0. The zero-order valence-electron chi connectivity index (χ0n) is 7.58. The second-order valence-corrected chi connectivity index (χ2v) is 2.69. The Bertz CT molecular complexity index is 321. The molecule has 13 heavy (non-hydrogen) atoms. The molecule has 0 saturated heterocycles. The molecule has 0 bridgehead atoms. The smallest absolute Gasteiger partial charge is 0.130 e. The van der Waals surface area contributed by atoms with E-state index >= 15 is 0 Å². The van der Waals surface area contributed by atoms with Crippen LogP contribution in [0.1, 0.15) is 5.56 Å². The number of ether oxygens (including phenoxy) is 1. The largest absolute Gasteiger partial charge is 0.508 e. The lowest BCUT2D eigenvalue weighted by atomic mass is 10.1. The van der Waals surface area contributed by atoms with Crippen LogP contribution >= 0.6 is 0 Å². The van der Waals surface area contributed by atoms with Gasteiger partial charge in [-0.15, -0.1) is 0 Å². The molecule has 0 spiro atoms. The molecule has 0 fully saturated rings. The van der Waals surface area contributed by atoms with Crippen molar-refractivity contribution in [1.82, 2.24) is 0 Å². The molecular formula is C10H13NO2. The number of methoxy groups -OCH3 is 1. The van der Waals surface area contributed by atoms with Crippen LogP contribution < -0.4 is 10.5 Å². The third-order valence-corrected chi connectivity index (χ3v) is 1.81. The summed E-state index contributed by atoms with van der Waals surface area (Å²) in [5, 5.41) is 9.18. The van der Waals surface area contributed by atoms with Crippen LogP contribution in [0.5, 0.6) is 11.5 Å². The molecule has 0 aliphatic carbocycles. The Kier molecular flexibility index (Phi) is 2.93. The quantitative estimate of drug-likeness (QED) is 0.736. The van der Waals surface area contributed by atoms with E-state index in [0.29, 0.717) is 12.3 Å². The molecule has 1 aromatic carbocycles. The van der Waals surface area contributed by atoms with E-state index < -0.39 is 0 Å². The highest BCUT2D eigenvalue weighted by atomic mass is 16.5. The van der Waals surface area contributed by atoms with E-state index in [2.05, 4.69) is 6.58 Å². The summed E-state index contributed by atoms with van der Waals surface area (Å²) < 4.78 is 5.07. The lowest BCUT2D eigenvalue weighted by Gasteiger charge is -2.09. The molecule has 0 aromatic heterocycles. The van der Waals surface area contributed by atoms with Crippen LogP contribution in [-0.4, -0.2) is 18.8 Å². The first kappa shape index (κ1) is 9.61. The highest BCUT2D eigenvalue weighted by Crippen LogP contribution is 2.28. The van der Waals surface area contributed by atoms with Crippen molar-refractivity contribution in [2.75, 3.05) is 13.7 Å². The molecule has 0 heterocycles. The average molecular weight is 179 g/mol. The Morgan fingerprint density at radius 1 is 1.62 bits per heavy atom. The van der Waals surface area contributed by atoms with Gasteiger partial charge in [0.1, 0.15) is 11.5 Å². The van der Waals surface area contributed by atoms with Crippen LogP contribution in [0.15, 0.2) is 24.8 Å². The van der Waals surface area contributed by atoms with E-state index in [1.165, 1.54) is 6.07 Å². The van der Waals surface area contributed by atoms with E-state index in [0.717, 1.165) is 11.1 Å². The Morgan fingerprint density at radius 3 is 2.85 bits per heavy atom. The van der Waals surface area contributed by atoms with Crippen molar-refractivity contribution < 1.29 is 9.84 Å². The van der Waals surface area contributed by atoms with Crippen LogP contribution in [0, 0.1) is 0 Å². The predicted molar refractivity (Wildman–Crippen MR) is 52.7 cm³/mol. The number of phenolic OH excluding ortho intramolecular Hbond substituents is 1. The van der Waals surface area contributed by atoms with Gasteiger partial charge in [0.15, 0.2) is 0 Å². The van der Waals surface area contributed by atoms with Crippen molar-refractivity contribution >= 4 is 5.57 Å². The third-order valence-electron chi connectivity index (χ3n) is 1.81. The summed E-state index contributed by atoms with van der Waals surface area (Å²) >= 11 is 0. The minimum atomic E-state index is 0.172. The predicted octanol–water partition coefficient (Wildman–Crippen LogP) is 1.37. The van der Waals surface area contributed by atoms with Gasteiger partial charge in [-0.2, -0.15) is 0 Å². The Hall–Kier alpha value is -1.48. The molecule has 70 valence electrons. The van der Waals surface area contributed by atoms with Gasteiger partial charge >= 0.3 is 0 Å². The fourth-order valence-electron chi connectivity index (χ4n) is 1.08. The number of aromatic hydroxyl groups is 1. The number of phenols is 1. The molecule has 1 rings (SSSR count). The Labute approximate surface area is 77.4 Å². The van der Waals surface area contributed by atoms with E-state index in [4.69, 9.17) is 10.5 Å². The molecule has 3 N–H and O–H groups in total. The van der Waals surface area contributed by atoms with E-state index in [1.54, 1.807) is 19.2 Å². The number of hydrogen-bond donors (Lipinski definition) is 2. The van der Waals surface area contributed by atoms with Gasteiger partial charge in [-0.1, -0.05) is 6.58 Å². The Morgan fingerprint density at radius 2 is 2.31 bits per heavy atom. The van der Waals surface area contributed by atoms with E-state index in [1.807, 2.05) is 0 Å². The van der Waals surface area contributed by atoms with Gasteiger partial charge in [-0.05, 0) is 17.7 Å². The molecule has 3 nitrogen and oxygen atoms in total. The molecule has 0 radical (unpaired) electrons. The lowest BCUT2D eigenvalue weighted by Crippen LogP contribution is -2.02. The second-order valence-electron chi connectivity index (χ2n) is 2.69. The second kappa shape index (κ2) is 3.96. The summed E-state index contributed by atoms with van der Waals surface area (Å²) in [6.07, 6.45) is 0. The van der Waals surface area contributed by atoms with Crippen molar-refractivity contribution in [3.8, 4) is 11.5 Å². The van der Waals surface area contributed by atoms with Gasteiger partial charge in [0, 0.05) is 18.2 Å². The summed E-state index contributed by atoms with van der Waals surface area (Å²) in [5.74, 6) is 0.765. The van der Waals surface area contributed by atoms with Crippen molar-refractivity contribution in [2.45, 2.75) is 0 Å². The van der Waals surface area contributed by atoms with Gasteiger partial charge in [0.25, 0.3) is 0 Å². The highest BCUT2D eigenvalue weighted by molar-refractivity contribution is 5.70. The fourth-order valence-corrected chi connectivity index (χ4v) is 1.08. The standard InChI is InChI=1S/C10H13NO2/c1-7(6-11)9-4-3-8(12)5-10(9)13-2/h3-5,12H,1,6,11H2,2H3. The van der Waals surface area contributed by atoms with Gasteiger partial charge in [-0.25, -0.2) is 0 Å². The molecule has 1 aromatic rings. The van der Waals surface area contributed by atoms with Crippen molar-refractivity contribution in [3.05, 3.63) is 30.3 Å². The number of nitrogens with two attached hydrogens (primary N) is 1. The monoisotopic (exact) mass is 179 g/mol. The number of hydrogen-bond acceptors (Lipinski definition) is 3. The van der Waals surface area contributed by atoms with Gasteiger partial charge in [0.05, 0.1) is 7.11 Å². The minimum absolute atomic E-state index is 0.172. The van der Waals surface area contributed by atoms with Crippen LogP contribution in [0.25, 0.3) is 5.57 Å². The molecule has 0 amide bonds. The van der Waals surface area contributed by atoms with E-state index in [9.17, 15) is 5.11 Å². The van der Waals surface area contributed by atoms with Crippen molar-refractivity contribution in [3.63, 3.8) is 0 Å². The fraction of sp³-hybridized carbons (Fsp3) is 0.200. The molecule has 0 saturated carbocycles. The van der Waals surface area contributed by atoms with Gasteiger partial charge in [0.2, 0.25) is 0 Å². The molecule has 0 aliphatic heterocycles. The first-order valence-electron chi connectivity index (χ1n) is 3.94. The van der Waals surface area contributed by atoms with Crippen LogP contribution in [0.2, 0.25) is 0 Å².